The van der Waals surface area contributed by atoms with Gasteiger partial charge in [-0.2, -0.15) is 0 Å². The van der Waals surface area contributed by atoms with Gasteiger partial charge in [0.15, 0.2) is 9.84 Å². The normalized spacial score (nSPS) is 12.6. The van der Waals surface area contributed by atoms with Crippen molar-refractivity contribution in [2.45, 2.75) is 23.6 Å². The van der Waals surface area contributed by atoms with E-state index in [1.165, 1.54) is 22.3 Å². The summed E-state index contributed by atoms with van der Waals surface area (Å²) in [5.74, 6) is 0. The first-order valence-electron chi connectivity index (χ1n) is 7.25. The van der Waals surface area contributed by atoms with E-state index in [0.29, 0.717) is 16.5 Å². The SMILES string of the molecule is Cc1ccc(S(=O)(=O)n2ccc3cc(S(C)(=O)=O)cc(C)c32)cc1. The first-order valence-corrected chi connectivity index (χ1v) is 10.6. The Morgan fingerprint density at radius 1 is 0.833 bits per heavy atom. The molecular formula is C17H17NO4S2. The van der Waals surface area contributed by atoms with E-state index < -0.39 is 19.9 Å². The molecule has 0 spiro atoms. The Hall–Kier alpha value is -2.12. The Bertz CT molecular complexity index is 1140. The Kier molecular flexibility index (Phi) is 3.80. The van der Waals surface area contributed by atoms with E-state index in [-0.39, 0.29) is 9.79 Å². The molecule has 0 atom stereocenters. The summed E-state index contributed by atoms with van der Waals surface area (Å²) in [6, 6.07) is 11.2. The smallest absolute Gasteiger partial charge is 0.241 e. The third-order valence-corrected chi connectivity index (χ3v) is 6.70. The molecule has 7 heteroatoms. The minimum absolute atomic E-state index is 0.179. The fraction of sp³-hybridized carbons (Fsp3) is 0.176. The van der Waals surface area contributed by atoms with Gasteiger partial charge in [0.2, 0.25) is 0 Å². The van der Waals surface area contributed by atoms with Crippen molar-refractivity contribution in [3.8, 4) is 0 Å². The van der Waals surface area contributed by atoms with E-state index in [4.69, 9.17) is 0 Å². The second-order valence-electron chi connectivity index (χ2n) is 5.88. The molecule has 126 valence electrons. The molecule has 0 aliphatic rings. The van der Waals surface area contributed by atoms with Crippen LogP contribution in [0.1, 0.15) is 11.1 Å². The summed E-state index contributed by atoms with van der Waals surface area (Å²) < 4.78 is 50.5. The van der Waals surface area contributed by atoms with Gasteiger partial charge < -0.3 is 0 Å². The van der Waals surface area contributed by atoms with Gasteiger partial charge >= 0.3 is 0 Å². The molecule has 0 N–H and O–H groups in total. The van der Waals surface area contributed by atoms with Gasteiger partial charge in [-0.3, -0.25) is 0 Å². The number of hydrogen-bond donors (Lipinski definition) is 0. The number of hydrogen-bond acceptors (Lipinski definition) is 4. The average Bonchev–Trinajstić information content (AvgIpc) is 2.92. The van der Waals surface area contributed by atoms with Crippen molar-refractivity contribution in [3.63, 3.8) is 0 Å². The highest BCUT2D eigenvalue weighted by atomic mass is 32.2. The van der Waals surface area contributed by atoms with Gasteiger partial charge in [0.05, 0.1) is 15.3 Å². The van der Waals surface area contributed by atoms with Crippen molar-refractivity contribution in [3.05, 3.63) is 59.8 Å². The molecule has 0 saturated carbocycles. The van der Waals surface area contributed by atoms with Gasteiger partial charge in [0.1, 0.15) is 0 Å². The first kappa shape index (κ1) is 16.7. The minimum Gasteiger partial charge on any atom is -0.241 e. The Labute approximate surface area is 141 Å². The lowest BCUT2D eigenvalue weighted by Gasteiger charge is -2.10. The molecule has 3 rings (SSSR count). The predicted molar refractivity (Wildman–Crippen MR) is 93.5 cm³/mol. The van der Waals surface area contributed by atoms with Crippen molar-refractivity contribution in [1.29, 1.82) is 0 Å². The fourth-order valence-electron chi connectivity index (χ4n) is 2.66. The van der Waals surface area contributed by atoms with Crippen molar-refractivity contribution in [1.82, 2.24) is 3.97 Å². The maximum absolute atomic E-state index is 12.9. The van der Waals surface area contributed by atoms with Gasteiger partial charge in [-0.15, -0.1) is 0 Å². The molecule has 0 aliphatic carbocycles. The third kappa shape index (κ3) is 2.74. The summed E-state index contributed by atoms with van der Waals surface area (Å²) in [7, 11) is -7.10. The largest absolute Gasteiger partial charge is 0.268 e. The Morgan fingerprint density at radius 3 is 2.04 bits per heavy atom. The molecule has 0 saturated heterocycles. The molecule has 5 nitrogen and oxygen atoms in total. The second-order valence-corrected chi connectivity index (χ2v) is 9.71. The van der Waals surface area contributed by atoms with Crippen molar-refractivity contribution >= 4 is 30.8 Å². The lowest BCUT2D eigenvalue weighted by molar-refractivity contribution is 0.589. The topological polar surface area (TPSA) is 73.2 Å². The number of sulfone groups is 1. The molecule has 0 fully saturated rings. The molecule has 3 aromatic rings. The highest BCUT2D eigenvalue weighted by Crippen LogP contribution is 2.28. The minimum atomic E-state index is -3.74. The molecule has 1 heterocycles. The van der Waals surface area contributed by atoms with Gasteiger partial charge in [-0.25, -0.2) is 20.8 Å². The van der Waals surface area contributed by atoms with Crippen LogP contribution >= 0.6 is 0 Å². The maximum atomic E-state index is 12.9. The molecule has 0 amide bonds. The summed E-state index contributed by atoms with van der Waals surface area (Å²) in [6.45, 7) is 3.59. The molecule has 0 unspecified atom stereocenters. The molecule has 0 aliphatic heterocycles. The van der Waals surface area contributed by atoms with Gasteiger partial charge in [-0.1, -0.05) is 17.7 Å². The van der Waals surface area contributed by atoms with Gasteiger partial charge in [0.25, 0.3) is 10.0 Å². The third-order valence-electron chi connectivity index (χ3n) is 3.92. The van der Waals surface area contributed by atoms with Crippen molar-refractivity contribution in [2.75, 3.05) is 6.26 Å². The highest BCUT2D eigenvalue weighted by molar-refractivity contribution is 7.90. The van der Waals surface area contributed by atoms with Crippen LogP contribution in [-0.2, 0) is 19.9 Å². The average molecular weight is 363 g/mol. The van der Waals surface area contributed by atoms with Crippen molar-refractivity contribution in [2.24, 2.45) is 0 Å². The fourth-order valence-corrected chi connectivity index (χ4v) is 4.81. The quantitative estimate of drug-likeness (QED) is 0.717. The Balaban J connectivity index is 2.26. The summed E-state index contributed by atoms with van der Waals surface area (Å²) in [4.78, 5) is 0.371. The zero-order chi connectivity index (χ0) is 17.7. The van der Waals surface area contributed by atoms with E-state index in [0.717, 1.165) is 11.8 Å². The number of nitrogens with zero attached hydrogens (tertiary/aromatic N) is 1. The number of rotatable bonds is 3. The Morgan fingerprint density at radius 2 is 1.46 bits per heavy atom. The maximum Gasteiger partial charge on any atom is 0.268 e. The molecule has 0 bridgehead atoms. The molecule has 2 aromatic carbocycles. The summed E-state index contributed by atoms with van der Waals surface area (Å²) >= 11 is 0. The molecule has 24 heavy (non-hydrogen) atoms. The lowest BCUT2D eigenvalue weighted by Crippen LogP contribution is -2.12. The standard InChI is InChI=1S/C17H17NO4S2/c1-12-4-6-15(7-5-12)24(21,22)18-9-8-14-11-16(23(3,19)20)10-13(2)17(14)18/h4-11H,1-3H3. The number of fused-ring (bicyclic) bond motifs is 1. The zero-order valence-corrected chi connectivity index (χ0v) is 15.1. The van der Waals surface area contributed by atoms with Crippen LogP contribution in [0.3, 0.4) is 0 Å². The van der Waals surface area contributed by atoms with E-state index in [1.54, 1.807) is 37.3 Å². The number of benzene rings is 2. The van der Waals surface area contributed by atoms with Crippen LogP contribution in [-0.4, -0.2) is 27.1 Å². The van der Waals surface area contributed by atoms with E-state index in [9.17, 15) is 16.8 Å². The van der Waals surface area contributed by atoms with Crippen LogP contribution in [0.15, 0.2) is 58.5 Å². The molecule has 1 aromatic heterocycles. The van der Waals surface area contributed by atoms with Crippen LogP contribution in [0.4, 0.5) is 0 Å². The summed E-state index contributed by atoms with van der Waals surface area (Å²) in [5, 5.41) is 0.575. The summed E-state index contributed by atoms with van der Waals surface area (Å²) in [6.07, 6.45) is 2.59. The van der Waals surface area contributed by atoms with Crippen LogP contribution in [0, 0.1) is 13.8 Å². The van der Waals surface area contributed by atoms with Crippen LogP contribution < -0.4 is 0 Å². The van der Waals surface area contributed by atoms with E-state index >= 15 is 0 Å². The van der Waals surface area contributed by atoms with Crippen molar-refractivity contribution < 1.29 is 16.8 Å². The van der Waals surface area contributed by atoms with Crippen LogP contribution in [0.5, 0.6) is 0 Å². The summed E-state index contributed by atoms with van der Waals surface area (Å²) in [5.41, 5.74) is 2.05. The number of aromatic nitrogens is 1. The highest BCUT2D eigenvalue weighted by Gasteiger charge is 2.21. The van der Waals surface area contributed by atoms with Crippen LogP contribution in [0.25, 0.3) is 10.9 Å². The van der Waals surface area contributed by atoms with Gasteiger partial charge in [-0.05, 0) is 49.7 Å². The lowest BCUT2D eigenvalue weighted by atomic mass is 10.2. The monoisotopic (exact) mass is 363 g/mol. The predicted octanol–water partition coefficient (Wildman–Crippen LogP) is 2.90. The molecular weight excluding hydrogens is 346 g/mol. The zero-order valence-electron chi connectivity index (χ0n) is 13.5. The number of aryl methyl sites for hydroxylation is 2. The molecule has 0 radical (unpaired) electrons. The van der Waals surface area contributed by atoms with E-state index in [1.807, 2.05) is 6.92 Å². The second kappa shape index (κ2) is 5.46. The van der Waals surface area contributed by atoms with Gasteiger partial charge in [0, 0.05) is 17.8 Å². The van der Waals surface area contributed by atoms with E-state index in [2.05, 4.69) is 0 Å². The first-order chi connectivity index (χ1) is 11.1. The van der Waals surface area contributed by atoms with Crippen LogP contribution in [0.2, 0.25) is 0 Å².